The van der Waals surface area contributed by atoms with Crippen molar-refractivity contribution >= 4 is 11.6 Å². The maximum atomic E-state index is 11.0. The van der Waals surface area contributed by atoms with Gasteiger partial charge in [-0.2, -0.15) is 5.10 Å². The fourth-order valence-electron chi connectivity index (χ4n) is 3.00. The topological polar surface area (TPSA) is 59.3 Å². The summed E-state index contributed by atoms with van der Waals surface area (Å²) >= 11 is 6.24. The molecule has 1 aliphatic rings. The van der Waals surface area contributed by atoms with Gasteiger partial charge in [-0.15, -0.1) is 0 Å². The van der Waals surface area contributed by atoms with Gasteiger partial charge in [0.1, 0.15) is 5.60 Å². The molecule has 2 N–H and O–H groups in total. The molecule has 1 fully saturated rings. The van der Waals surface area contributed by atoms with E-state index in [1.165, 1.54) is 0 Å². The van der Waals surface area contributed by atoms with E-state index in [0.717, 1.165) is 25.1 Å². The third-order valence-electron chi connectivity index (χ3n) is 4.05. The lowest BCUT2D eigenvalue weighted by Gasteiger charge is -2.36. The number of rotatable bonds is 6. The minimum atomic E-state index is -0.868. The zero-order valence-electron chi connectivity index (χ0n) is 12.2. The Labute approximate surface area is 125 Å². The van der Waals surface area contributed by atoms with Gasteiger partial charge in [0.15, 0.2) is 0 Å². The summed E-state index contributed by atoms with van der Waals surface area (Å²) in [6.07, 6.45) is 4.94. The molecule has 1 aromatic heterocycles. The average Bonchev–Trinajstić information content (AvgIpc) is 2.81. The van der Waals surface area contributed by atoms with Crippen LogP contribution in [0.25, 0.3) is 0 Å². The Bertz CT molecular complexity index is 428. The lowest BCUT2D eigenvalue weighted by atomic mass is 9.80. The molecule has 0 radical (unpaired) electrons. The number of ether oxygens (including phenoxy) is 1. The first-order valence-corrected chi connectivity index (χ1v) is 7.65. The Morgan fingerprint density at radius 1 is 1.55 bits per heavy atom. The van der Waals surface area contributed by atoms with Crippen molar-refractivity contribution in [3.8, 4) is 0 Å². The van der Waals surface area contributed by atoms with Crippen LogP contribution in [0.4, 0.5) is 0 Å². The Morgan fingerprint density at radius 2 is 2.25 bits per heavy atom. The summed E-state index contributed by atoms with van der Waals surface area (Å²) in [5.74, 6) is 0. The highest BCUT2D eigenvalue weighted by molar-refractivity contribution is 6.31. The van der Waals surface area contributed by atoms with E-state index in [2.05, 4.69) is 17.3 Å². The second kappa shape index (κ2) is 6.89. The van der Waals surface area contributed by atoms with Crippen molar-refractivity contribution in [3.63, 3.8) is 0 Å². The number of aliphatic hydroxyl groups is 1. The number of methoxy groups -OCH3 is 1. The minimum absolute atomic E-state index is 0.495. The number of halogens is 1. The molecular weight excluding hydrogens is 278 g/mol. The van der Waals surface area contributed by atoms with Crippen molar-refractivity contribution in [3.05, 3.63) is 16.9 Å². The number of hydrogen-bond acceptors (Lipinski definition) is 4. The number of hydrogen-bond donors (Lipinski definition) is 2. The number of nitrogens with one attached hydrogen (secondary N) is 1. The molecule has 0 amide bonds. The molecule has 1 saturated carbocycles. The largest absolute Gasteiger partial charge is 0.384 e. The van der Waals surface area contributed by atoms with Gasteiger partial charge in [-0.3, -0.25) is 4.68 Å². The summed E-state index contributed by atoms with van der Waals surface area (Å²) in [4.78, 5) is 0. The molecule has 0 aliphatic heterocycles. The molecule has 1 heterocycles. The molecule has 0 saturated heterocycles. The molecule has 1 aromatic rings. The van der Waals surface area contributed by atoms with E-state index < -0.39 is 5.60 Å². The van der Waals surface area contributed by atoms with Crippen LogP contribution < -0.4 is 5.32 Å². The summed E-state index contributed by atoms with van der Waals surface area (Å²) < 4.78 is 6.86. The van der Waals surface area contributed by atoms with Crippen LogP contribution in [0.5, 0.6) is 0 Å². The summed E-state index contributed by atoms with van der Waals surface area (Å²) in [7, 11) is 1.65. The van der Waals surface area contributed by atoms with Crippen LogP contribution in [-0.2, 0) is 16.9 Å². The molecule has 0 bridgehead atoms. The molecule has 0 unspecified atom stereocenters. The molecule has 1 aliphatic carbocycles. The highest BCUT2D eigenvalue weighted by atomic mass is 35.5. The van der Waals surface area contributed by atoms with Gasteiger partial charge in [0.05, 0.1) is 30.1 Å². The van der Waals surface area contributed by atoms with Crippen molar-refractivity contribution < 1.29 is 9.84 Å². The zero-order valence-corrected chi connectivity index (χ0v) is 13.0. The van der Waals surface area contributed by atoms with E-state index in [-0.39, 0.29) is 0 Å². The van der Waals surface area contributed by atoms with Gasteiger partial charge in [-0.1, -0.05) is 18.5 Å². The van der Waals surface area contributed by atoms with Gasteiger partial charge in [-0.25, -0.2) is 0 Å². The first-order chi connectivity index (χ1) is 9.60. The molecule has 2 rings (SSSR count). The highest BCUT2D eigenvalue weighted by Crippen LogP contribution is 2.40. The molecule has 20 heavy (non-hydrogen) atoms. The van der Waals surface area contributed by atoms with E-state index in [1.54, 1.807) is 18.0 Å². The fourth-order valence-corrected chi connectivity index (χ4v) is 3.31. The predicted molar refractivity (Wildman–Crippen MR) is 78.9 cm³/mol. The molecule has 6 heteroatoms. The van der Waals surface area contributed by atoms with Gasteiger partial charge >= 0.3 is 0 Å². The van der Waals surface area contributed by atoms with Crippen molar-refractivity contribution in [1.29, 1.82) is 0 Å². The van der Waals surface area contributed by atoms with Crippen molar-refractivity contribution in [2.24, 2.45) is 0 Å². The Morgan fingerprint density at radius 3 is 2.85 bits per heavy atom. The predicted octanol–water partition coefficient (Wildman–Crippen LogP) is 1.92. The van der Waals surface area contributed by atoms with Gasteiger partial charge in [-0.05, 0) is 32.2 Å². The zero-order chi connectivity index (χ0) is 14.6. The maximum Gasteiger partial charge on any atom is 0.108 e. The molecule has 0 atom stereocenters. The summed E-state index contributed by atoms with van der Waals surface area (Å²) in [6, 6.07) is 0.495. The lowest BCUT2D eigenvalue weighted by Crippen LogP contribution is -2.41. The van der Waals surface area contributed by atoms with Crippen LogP contribution in [0.15, 0.2) is 6.20 Å². The SMILES string of the molecule is CCNC1CCC(O)(c2c(Cl)cnn2CCOC)CC1. The molecule has 0 aromatic carbocycles. The van der Waals surface area contributed by atoms with E-state index in [9.17, 15) is 5.11 Å². The Hall–Kier alpha value is -0.620. The second-order valence-corrected chi connectivity index (χ2v) is 5.83. The van der Waals surface area contributed by atoms with Crippen LogP contribution in [0.2, 0.25) is 5.02 Å². The van der Waals surface area contributed by atoms with Crippen LogP contribution in [0.1, 0.15) is 38.3 Å². The highest BCUT2D eigenvalue weighted by Gasteiger charge is 2.38. The first kappa shape index (κ1) is 15.8. The molecule has 114 valence electrons. The number of aromatic nitrogens is 2. The van der Waals surface area contributed by atoms with E-state index >= 15 is 0 Å². The Balaban J connectivity index is 2.12. The molecule has 0 spiro atoms. The van der Waals surface area contributed by atoms with Gasteiger partial charge < -0.3 is 15.2 Å². The average molecular weight is 302 g/mol. The fraction of sp³-hybridized carbons (Fsp3) is 0.786. The minimum Gasteiger partial charge on any atom is -0.384 e. The first-order valence-electron chi connectivity index (χ1n) is 7.27. The van der Waals surface area contributed by atoms with E-state index in [0.29, 0.717) is 37.1 Å². The summed E-state index contributed by atoms with van der Waals surface area (Å²) in [5, 5.41) is 19.2. The van der Waals surface area contributed by atoms with Crippen molar-refractivity contribution in [1.82, 2.24) is 15.1 Å². The monoisotopic (exact) mass is 301 g/mol. The van der Waals surface area contributed by atoms with Crippen LogP contribution in [-0.4, -0.2) is 41.2 Å². The lowest BCUT2D eigenvalue weighted by molar-refractivity contribution is -0.0166. The standard InChI is InChI=1S/C14H24ClN3O2/c1-3-16-11-4-6-14(19,7-5-11)13-12(15)10-17-18(13)8-9-20-2/h10-11,16,19H,3-9H2,1-2H3. The summed E-state index contributed by atoms with van der Waals surface area (Å²) in [6.45, 7) is 4.24. The Kier molecular flexibility index (Phi) is 5.43. The maximum absolute atomic E-state index is 11.0. The number of nitrogens with zero attached hydrogens (tertiary/aromatic N) is 2. The normalized spacial score (nSPS) is 26.9. The van der Waals surface area contributed by atoms with Crippen LogP contribution in [0.3, 0.4) is 0 Å². The second-order valence-electron chi connectivity index (χ2n) is 5.42. The van der Waals surface area contributed by atoms with Crippen molar-refractivity contribution in [2.45, 2.75) is 50.8 Å². The van der Waals surface area contributed by atoms with Crippen LogP contribution >= 0.6 is 11.6 Å². The van der Waals surface area contributed by atoms with E-state index in [4.69, 9.17) is 16.3 Å². The van der Waals surface area contributed by atoms with Gasteiger partial charge in [0, 0.05) is 13.2 Å². The third-order valence-corrected chi connectivity index (χ3v) is 4.32. The summed E-state index contributed by atoms with van der Waals surface area (Å²) in [5.41, 5.74) is -0.126. The van der Waals surface area contributed by atoms with Crippen LogP contribution in [0, 0.1) is 0 Å². The smallest absolute Gasteiger partial charge is 0.108 e. The van der Waals surface area contributed by atoms with Gasteiger partial charge in [0.2, 0.25) is 0 Å². The third kappa shape index (κ3) is 3.34. The quantitative estimate of drug-likeness (QED) is 0.843. The van der Waals surface area contributed by atoms with Gasteiger partial charge in [0.25, 0.3) is 0 Å². The molecule has 5 nitrogen and oxygen atoms in total. The molecular formula is C14H24ClN3O2. The van der Waals surface area contributed by atoms with E-state index in [1.807, 2.05) is 0 Å². The van der Waals surface area contributed by atoms with Crippen molar-refractivity contribution in [2.75, 3.05) is 20.3 Å².